The maximum absolute atomic E-state index is 12.1. The van der Waals surface area contributed by atoms with E-state index in [-0.39, 0.29) is 23.1 Å². The summed E-state index contributed by atoms with van der Waals surface area (Å²) in [6, 6.07) is 9.93. The average Bonchev–Trinajstić information content (AvgIpc) is 2.61. The molecule has 8 heteroatoms. The molecule has 0 saturated carbocycles. The number of halogens is 2. The molecule has 0 spiro atoms. The van der Waals surface area contributed by atoms with E-state index in [1.807, 2.05) is 24.3 Å². The zero-order chi connectivity index (χ0) is 19.1. The maximum atomic E-state index is 12.1. The lowest BCUT2D eigenvalue weighted by Crippen LogP contribution is -2.28. The predicted octanol–water partition coefficient (Wildman–Crippen LogP) is 3.90. The summed E-state index contributed by atoms with van der Waals surface area (Å²) in [6.45, 7) is 0.170. The van der Waals surface area contributed by atoms with Gasteiger partial charge in [0.2, 0.25) is 0 Å². The van der Waals surface area contributed by atoms with Crippen molar-refractivity contribution in [2.45, 2.75) is 6.54 Å². The van der Waals surface area contributed by atoms with Crippen LogP contribution in [0.5, 0.6) is 11.5 Å². The van der Waals surface area contributed by atoms with Crippen LogP contribution < -0.4 is 20.5 Å². The van der Waals surface area contributed by atoms with Crippen molar-refractivity contribution in [1.82, 2.24) is 5.32 Å². The second-order valence-corrected chi connectivity index (χ2v) is 6.46. The Bertz CT molecular complexity index is 838. The van der Waals surface area contributed by atoms with Gasteiger partial charge in [0.25, 0.3) is 0 Å². The van der Waals surface area contributed by atoms with Crippen molar-refractivity contribution < 1.29 is 19.1 Å². The second kappa shape index (κ2) is 9.26. The SMILES string of the molecule is COc1cc(CNC(N)=O)cc(Cl)c1OC(=O)/C=C/c1ccc(Br)cc1. The van der Waals surface area contributed by atoms with Crippen LogP contribution in [-0.2, 0) is 11.3 Å². The molecular weight excluding hydrogens is 424 g/mol. The summed E-state index contributed by atoms with van der Waals surface area (Å²) < 4.78 is 11.4. The van der Waals surface area contributed by atoms with Gasteiger partial charge < -0.3 is 20.5 Å². The minimum atomic E-state index is -0.659. The van der Waals surface area contributed by atoms with Gasteiger partial charge in [0.05, 0.1) is 12.1 Å². The van der Waals surface area contributed by atoms with E-state index >= 15 is 0 Å². The smallest absolute Gasteiger partial charge is 0.336 e. The third kappa shape index (κ3) is 5.79. The van der Waals surface area contributed by atoms with Gasteiger partial charge >= 0.3 is 12.0 Å². The summed E-state index contributed by atoms with van der Waals surface area (Å²) in [5, 5.41) is 2.62. The summed E-state index contributed by atoms with van der Waals surface area (Å²) in [5.74, 6) is -0.234. The first-order chi connectivity index (χ1) is 12.4. The maximum Gasteiger partial charge on any atom is 0.336 e. The molecule has 0 saturated heterocycles. The molecule has 0 bridgehead atoms. The summed E-state index contributed by atoms with van der Waals surface area (Å²) in [7, 11) is 1.42. The van der Waals surface area contributed by atoms with Gasteiger partial charge in [-0.2, -0.15) is 0 Å². The number of primary amides is 1. The van der Waals surface area contributed by atoms with Crippen LogP contribution in [0.2, 0.25) is 5.02 Å². The zero-order valence-corrected chi connectivity index (χ0v) is 16.1. The number of benzene rings is 2. The molecule has 2 rings (SSSR count). The van der Waals surface area contributed by atoms with Gasteiger partial charge in [-0.3, -0.25) is 0 Å². The molecule has 0 radical (unpaired) electrons. The Balaban J connectivity index is 2.13. The number of rotatable bonds is 6. The Labute approximate surface area is 164 Å². The Kier molecular flexibility index (Phi) is 7.06. The van der Waals surface area contributed by atoms with Gasteiger partial charge in [-0.1, -0.05) is 39.7 Å². The molecule has 3 N–H and O–H groups in total. The number of amides is 2. The molecule has 0 aromatic heterocycles. The molecule has 6 nitrogen and oxygen atoms in total. The standard InChI is InChI=1S/C18H16BrClN2O4/c1-25-15-9-12(10-22-18(21)24)8-14(20)17(15)26-16(23)7-4-11-2-5-13(19)6-3-11/h2-9H,10H2,1H3,(H3,21,22,24)/b7-4+. The summed E-state index contributed by atoms with van der Waals surface area (Å²) in [5.41, 5.74) is 6.53. The molecule has 0 unspecified atom stereocenters. The molecule has 0 aliphatic carbocycles. The molecule has 2 amide bonds. The molecule has 2 aromatic carbocycles. The van der Waals surface area contributed by atoms with E-state index < -0.39 is 12.0 Å². The monoisotopic (exact) mass is 438 g/mol. The van der Waals surface area contributed by atoms with Crippen LogP contribution in [0.25, 0.3) is 6.08 Å². The molecule has 0 fully saturated rings. The summed E-state index contributed by atoms with van der Waals surface area (Å²) >= 11 is 9.52. The van der Waals surface area contributed by atoms with E-state index in [0.29, 0.717) is 5.56 Å². The van der Waals surface area contributed by atoms with Crippen molar-refractivity contribution in [1.29, 1.82) is 0 Å². The Morgan fingerprint density at radius 2 is 1.96 bits per heavy atom. The van der Waals surface area contributed by atoms with Gasteiger partial charge in [0.15, 0.2) is 11.5 Å². The fourth-order valence-electron chi connectivity index (χ4n) is 2.04. The summed E-state index contributed by atoms with van der Waals surface area (Å²) in [4.78, 5) is 22.9. The van der Waals surface area contributed by atoms with Crippen molar-refractivity contribution in [2.24, 2.45) is 5.73 Å². The highest BCUT2D eigenvalue weighted by Crippen LogP contribution is 2.36. The van der Waals surface area contributed by atoms with E-state index in [0.717, 1.165) is 10.0 Å². The van der Waals surface area contributed by atoms with Crippen molar-refractivity contribution in [3.05, 3.63) is 63.1 Å². The average molecular weight is 440 g/mol. The number of carbonyl (C=O) groups excluding carboxylic acids is 2. The molecule has 2 aromatic rings. The lowest BCUT2D eigenvalue weighted by atomic mass is 10.2. The van der Waals surface area contributed by atoms with Crippen LogP contribution in [0, 0.1) is 0 Å². The second-order valence-electron chi connectivity index (χ2n) is 5.13. The van der Waals surface area contributed by atoms with Gasteiger partial charge in [-0.15, -0.1) is 0 Å². The van der Waals surface area contributed by atoms with Crippen LogP contribution in [-0.4, -0.2) is 19.1 Å². The van der Waals surface area contributed by atoms with Gasteiger partial charge in [0, 0.05) is 17.1 Å². The third-order valence-corrected chi connectivity index (χ3v) is 4.05. The van der Waals surface area contributed by atoms with Crippen LogP contribution in [0.4, 0.5) is 4.79 Å². The predicted molar refractivity (Wildman–Crippen MR) is 103 cm³/mol. The normalized spacial score (nSPS) is 10.6. The number of ether oxygens (including phenoxy) is 2. The highest BCUT2D eigenvalue weighted by Gasteiger charge is 2.15. The Hall–Kier alpha value is -2.51. The Morgan fingerprint density at radius 3 is 2.58 bits per heavy atom. The number of hydrogen-bond acceptors (Lipinski definition) is 4. The zero-order valence-electron chi connectivity index (χ0n) is 13.8. The van der Waals surface area contributed by atoms with Crippen LogP contribution >= 0.6 is 27.5 Å². The van der Waals surface area contributed by atoms with Crippen LogP contribution in [0.15, 0.2) is 46.9 Å². The highest BCUT2D eigenvalue weighted by molar-refractivity contribution is 9.10. The Morgan fingerprint density at radius 1 is 1.27 bits per heavy atom. The largest absolute Gasteiger partial charge is 0.493 e. The molecule has 0 atom stereocenters. The quantitative estimate of drug-likeness (QED) is 0.406. The fourth-order valence-corrected chi connectivity index (χ4v) is 2.57. The molecule has 26 heavy (non-hydrogen) atoms. The van der Waals surface area contributed by atoms with Crippen LogP contribution in [0.1, 0.15) is 11.1 Å². The lowest BCUT2D eigenvalue weighted by molar-refractivity contribution is -0.129. The van der Waals surface area contributed by atoms with E-state index in [1.54, 1.807) is 18.2 Å². The first-order valence-electron chi connectivity index (χ1n) is 7.44. The third-order valence-electron chi connectivity index (χ3n) is 3.24. The van der Waals surface area contributed by atoms with Crippen molar-refractivity contribution in [3.8, 4) is 11.5 Å². The topological polar surface area (TPSA) is 90.7 Å². The molecule has 0 heterocycles. The van der Waals surface area contributed by atoms with E-state index in [1.165, 1.54) is 13.2 Å². The van der Waals surface area contributed by atoms with E-state index in [4.69, 9.17) is 26.8 Å². The number of methoxy groups -OCH3 is 1. The fraction of sp³-hybridized carbons (Fsp3) is 0.111. The lowest BCUT2D eigenvalue weighted by Gasteiger charge is -2.12. The molecule has 0 aliphatic rings. The number of urea groups is 1. The number of nitrogens with two attached hydrogens (primary N) is 1. The minimum absolute atomic E-state index is 0.0995. The first kappa shape index (κ1) is 19.8. The van der Waals surface area contributed by atoms with E-state index in [9.17, 15) is 9.59 Å². The van der Waals surface area contributed by atoms with Crippen molar-refractivity contribution in [3.63, 3.8) is 0 Å². The summed E-state index contributed by atoms with van der Waals surface area (Å²) in [6.07, 6.45) is 2.92. The number of hydrogen-bond donors (Lipinski definition) is 2. The number of nitrogens with one attached hydrogen (secondary N) is 1. The van der Waals surface area contributed by atoms with Crippen molar-refractivity contribution in [2.75, 3.05) is 7.11 Å². The molecule has 136 valence electrons. The van der Waals surface area contributed by atoms with Crippen LogP contribution in [0.3, 0.4) is 0 Å². The first-order valence-corrected chi connectivity index (χ1v) is 8.61. The van der Waals surface area contributed by atoms with E-state index in [2.05, 4.69) is 21.2 Å². The molecular formula is C18H16BrClN2O4. The number of carbonyl (C=O) groups is 2. The van der Waals surface area contributed by atoms with Crippen molar-refractivity contribution >= 4 is 45.6 Å². The number of esters is 1. The van der Waals surface area contributed by atoms with Gasteiger partial charge in [-0.25, -0.2) is 9.59 Å². The van der Waals surface area contributed by atoms with Gasteiger partial charge in [0.1, 0.15) is 0 Å². The molecule has 0 aliphatic heterocycles. The highest BCUT2D eigenvalue weighted by atomic mass is 79.9. The minimum Gasteiger partial charge on any atom is -0.493 e. The van der Waals surface area contributed by atoms with Gasteiger partial charge in [-0.05, 0) is 41.5 Å².